The maximum Gasteiger partial charge on any atom is 0.0615 e. The number of benzene rings is 1. The maximum atomic E-state index is 8.73. The van der Waals surface area contributed by atoms with Gasteiger partial charge in [-0.25, -0.2) is 0 Å². The molecule has 0 aliphatic heterocycles. The summed E-state index contributed by atoms with van der Waals surface area (Å²) in [5.74, 6) is 0. The highest BCUT2D eigenvalue weighted by Crippen LogP contribution is 2.26. The Morgan fingerprint density at radius 1 is 1.29 bits per heavy atom. The van der Waals surface area contributed by atoms with Gasteiger partial charge in [0.15, 0.2) is 0 Å². The summed E-state index contributed by atoms with van der Waals surface area (Å²) in [5.41, 5.74) is 3.96. The van der Waals surface area contributed by atoms with E-state index in [2.05, 4.69) is 30.3 Å². The molecule has 0 aromatic heterocycles. The van der Waals surface area contributed by atoms with Crippen molar-refractivity contribution in [3.63, 3.8) is 0 Å². The van der Waals surface area contributed by atoms with Crippen LogP contribution < -0.4 is 0 Å². The van der Waals surface area contributed by atoms with Crippen LogP contribution in [0.1, 0.15) is 17.5 Å². The number of aryl methyl sites for hydroxylation is 1. The van der Waals surface area contributed by atoms with E-state index in [9.17, 15) is 0 Å². The van der Waals surface area contributed by atoms with E-state index in [1.165, 1.54) is 16.7 Å². The van der Waals surface area contributed by atoms with E-state index < -0.39 is 0 Å². The van der Waals surface area contributed by atoms with Crippen molar-refractivity contribution < 1.29 is 5.11 Å². The Morgan fingerprint density at radius 2 is 2.14 bits per heavy atom. The quantitative estimate of drug-likeness (QED) is 0.752. The summed E-state index contributed by atoms with van der Waals surface area (Å²) in [6.45, 7) is 0.111. The first-order valence-electron chi connectivity index (χ1n) is 4.97. The summed E-state index contributed by atoms with van der Waals surface area (Å²) in [7, 11) is 0. The molecule has 0 heterocycles. The van der Waals surface area contributed by atoms with Crippen LogP contribution in [0.3, 0.4) is 0 Å². The molecule has 72 valence electrons. The normalized spacial score (nSPS) is 15.4. The van der Waals surface area contributed by atoms with Crippen molar-refractivity contribution in [3.8, 4) is 0 Å². The summed E-state index contributed by atoms with van der Waals surface area (Å²) in [4.78, 5) is 0. The van der Waals surface area contributed by atoms with Crippen molar-refractivity contribution in [1.82, 2.24) is 0 Å². The van der Waals surface area contributed by atoms with E-state index in [0.29, 0.717) is 0 Å². The van der Waals surface area contributed by atoms with Crippen LogP contribution in [0.25, 0.3) is 5.57 Å². The smallest absolute Gasteiger partial charge is 0.0615 e. The molecule has 1 heteroatoms. The zero-order chi connectivity index (χ0) is 9.80. The van der Waals surface area contributed by atoms with Crippen LogP contribution in [0.2, 0.25) is 0 Å². The number of aliphatic hydroxyl groups excluding tert-OH is 1. The third kappa shape index (κ3) is 1.78. The van der Waals surface area contributed by atoms with E-state index in [1.54, 1.807) is 6.08 Å². The summed E-state index contributed by atoms with van der Waals surface area (Å²) in [6, 6.07) is 8.46. The van der Waals surface area contributed by atoms with Crippen LogP contribution >= 0.6 is 0 Å². The molecular weight excluding hydrogens is 172 g/mol. The van der Waals surface area contributed by atoms with Crippen molar-refractivity contribution >= 4 is 5.57 Å². The van der Waals surface area contributed by atoms with E-state index in [1.807, 2.05) is 6.08 Å². The second-order valence-corrected chi connectivity index (χ2v) is 3.44. The van der Waals surface area contributed by atoms with Gasteiger partial charge in [0.05, 0.1) is 6.61 Å². The van der Waals surface area contributed by atoms with Gasteiger partial charge >= 0.3 is 0 Å². The van der Waals surface area contributed by atoms with Crippen molar-refractivity contribution in [3.05, 3.63) is 53.6 Å². The number of hydrogen-bond donors (Lipinski definition) is 1. The van der Waals surface area contributed by atoms with Crippen LogP contribution in [0.15, 0.2) is 42.5 Å². The molecule has 0 atom stereocenters. The minimum absolute atomic E-state index is 0.111. The summed E-state index contributed by atoms with van der Waals surface area (Å²) >= 11 is 0. The first-order chi connectivity index (χ1) is 6.92. The zero-order valence-electron chi connectivity index (χ0n) is 8.11. The summed E-state index contributed by atoms with van der Waals surface area (Å²) in [6.07, 6.45) is 8.25. The van der Waals surface area contributed by atoms with Crippen molar-refractivity contribution in [2.45, 2.75) is 12.8 Å². The molecule has 0 unspecified atom stereocenters. The van der Waals surface area contributed by atoms with Gasteiger partial charge < -0.3 is 5.11 Å². The molecule has 0 fully saturated rings. The van der Waals surface area contributed by atoms with E-state index in [4.69, 9.17) is 5.11 Å². The molecular formula is C13H14O. The Labute approximate surface area is 84.4 Å². The molecule has 2 rings (SSSR count). The minimum Gasteiger partial charge on any atom is -0.392 e. The third-order valence-electron chi connectivity index (χ3n) is 2.51. The van der Waals surface area contributed by atoms with Crippen LogP contribution in [-0.4, -0.2) is 11.7 Å². The Morgan fingerprint density at radius 3 is 3.00 bits per heavy atom. The predicted octanol–water partition coefficient (Wildman–Crippen LogP) is 2.56. The number of aliphatic hydroxyl groups is 1. The molecule has 1 N–H and O–H groups in total. The lowest BCUT2D eigenvalue weighted by Crippen LogP contribution is -1.97. The van der Waals surface area contributed by atoms with Gasteiger partial charge in [0, 0.05) is 0 Å². The molecule has 0 spiro atoms. The zero-order valence-corrected chi connectivity index (χ0v) is 8.11. The molecule has 1 aliphatic carbocycles. The Hall–Kier alpha value is -1.34. The largest absolute Gasteiger partial charge is 0.392 e. The Bertz CT molecular complexity index is 375. The molecule has 0 amide bonds. The fraction of sp³-hybridized carbons (Fsp3) is 0.231. The molecule has 1 nitrogen and oxygen atoms in total. The molecule has 1 aromatic rings. The van der Waals surface area contributed by atoms with Gasteiger partial charge in [0.1, 0.15) is 0 Å². The van der Waals surface area contributed by atoms with Gasteiger partial charge in [0.2, 0.25) is 0 Å². The number of hydrogen-bond acceptors (Lipinski definition) is 1. The van der Waals surface area contributed by atoms with Crippen LogP contribution in [0.5, 0.6) is 0 Å². The molecule has 0 radical (unpaired) electrons. The van der Waals surface area contributed by atoms with Gasteiger partial charge in [-0.1, -0.05) is 42.5 Å². The van der Waals surface area contributed by atoms with Gasteiger partial charge in [-0.2, -0.15) is 0 Å². The van der Waals surface area contributed by atoms with Crippen molar-refractivity contribution in [2.75, 3.05) is 6.61 Å². The first-order valence-corrected chi connectivity index (χ1v) is 4.97. The van der Waals surface area contributed by atoms with Crippen molar-refractivity contribution in [2.24, 2.45) is 0 Å². The summed E-state index contributed by atoms with van der Waals surface area (Å²) in [5, 5.41) is 8.73. The van der Waals surface area contributed by atoms with E-state index in [-0.39, 0.29) is 6.61 Å². The second kappa shape index (κ2) is 4.25. The van der Waals surface area contributed by atoms with Crippen LogP contribution in [0.4, 0.5) is 0 Å². The van der Waals surface area contributed by atoms with Crippen molar-refractivity contribution in [1.29, 1.82) is 0 Å². The fourth-order valence-electron chi connectivity index (χ4n) is 1.85. The predicted molar refractivity (Wildman–Crippen MR) is 59.0 cm³/mol. The highest BCUT2D eigenvalue weighted by atomic mass is 16.2. The minimum atomic E-state index is 0.111. The Balaban J connectivity index is 2.35. The molecule has 0 saturated carbocycles. The average Bonchev–Trinajstić information content (AvgIpc) is 2.26. The van der Waals surface area contributed by atoms with Gasteiger partial charge in [-0.3, -0.25) is 0 Å². The van der Waals surface area contributed by atoms with Gasteiger partial charge in [-0.05, 0) is 29.5 Å². The number of fused-ring (bicyclic) bond motifs is 1. The molecule has 1 aromatic carbocycles. The SMILES string of the molecule is OC/C=C/C1=CCCc2ccccc21. The van der Waals surface area contributed by atoms with Gasteiger partial charge in [-0.15, -0.1) is 0 Å². The molecule has 14 heavy (non-hydrogen) atoms. The van der Waals surface area contributed by atoms with Crippen LogP contribution in [0, 0.1) is 0 Å². The average molecular weight is 186 g/mol. The number of allylic oxidation sites excluding steroid dienone is 3. The fourth-order valence-corrected chi connectivity index (χ4v) is 1.85. The molecule has 0 saturated heterocycles. The van der Waals surface area contributed by atoms with E-state index in [0.717, 1.165) is 12.8 Å². The second-order valence-electron chi connectivity index (χ2n) is 3.44. The number of rotatable bonds is 2. The van der Waals surface area contributed by atoms with Crippen LogP contribution in [-0.2, 0) is 6.42 Å². The monoisotopic (exact) mass is 186 g/mol. The molecule has 0 bridgehead atoms. The standard InChI is InChI=1S/C13H14O/c14-10-4-8-12-7-3-6-11-5-1-2-9-13(11)12/h1-2,4-5,7-9,14H,3,6,10H2/b8-4+. The summed E-state index contributed by atoms with van der Waals surface area (Å²) < 4.78 is 0. The Kier molecular flexibility index (Phi) is 2.80. The lowest BCUT2D eigenvalue weighted by Gasteiger charge is -2.14. The molecule has 1 aliphatic rings. The maximum absolute atomic E-state index is 8.73. The lowest BCUT2D eigenvalue weighted by atomic mass is 9.91. The highest BCUT2D eigenvalue weighted by Gasteiger charge is 2.08. The highest BCUT2D eigenvalue weighted by molar-refractivity contribution is 5.77. The topological polar surface area (TPSA) is 20.2 Å². The lowest BCUT2D eigenvalue weighted by molar-refractivity contribution is 0.343. The van der Waals surface area contributed by atoms with E-state index >= 15 is 0 Å². The third-order valence-corrected chi connectivity index (χ3v) is 2.51. The van der Waals surface area contributed by atoms with Gasteiger partial charge in [0.25, 0.3) is 0 Å². The first kappa shape index (κ1) is 9.22.